The number of nitrogens with one attached hydrogen (secondary N) is 1. The van der Waals surface area contributed by atoms with E-state index in [2.05, 4.69) is 5.32 Å². The zero-order valence-corrected chi connectivity index (χ0v) is 25.8. The Morgan fingerprint density at radius 2 is 1.54 bits per heavy atom. The second-order valence-corrected chi connectivity index (χ2v) is 13.3. The number of benzene rings is 3. The molecule has 0 spiro atoms. The zero-order valence-electron chi connectivity index (χ0n) is 23.4. The highest BCUT2D eigenvalue weighted by Gasteiger charge is 2.34. The Labute approximate surface area is 252 Å². The number of nitrogens with zero attached hydrogens (tertiary/aromatic N) is 2. The summed E-state index contributed by atoms with van der Waals surface area (Å²) in [5, 5.41) is 4.07. The second-order valence-electron chi connectivity index (χ2n) is 10.6. The Kier molecular flexibility index (Phi) is 10.00. The average molecular weight is 617 g/mol. The van der Waals surface area contributed by atoms with Crippen LogP contribution >= 0.6 is 23.2 Å². The number of carbonyl (C=O) groups is 2. The molecule has 1 saturated carbocycles. The third kappa shape index (κ3) is 7.61. The van der Waals surface area contributed by atoms with Gasteiger partial charge in [0.25, 0.3) is 10.0 Å². The van der Waals surface area contributed by atoms with Crippen LogP contribution < -0.4 is 9.62 Å². The molecule has 3 aromatic rings. The van der Waals surface area contributed by atoms with E-state index in [1.54, 1.807) is 68.4 Å². The van der Waals surface area contributed by atoms with E-state index < -0.39 is 28.5 Å². The molecule has 0 unspecified atom stereocenters. The van der Waals surface area contributed by atoms with E-state index in [1.165, 1.54) is 17.0 Å². The minimum Gasteiger partial charge on any atom is -0.352 e. The van der Waals surface area contributed by atoms with Crippen LogP contribution in [0.4, 0.5) is 5.69 Å². The molecule has 4 rings (SSSR count). The molecule has 1 aliphatic carbocycles. The highest BCUT2D eigenvalue weighted by Crippen LogP contribution is 2.30. The lowest BCUT2D eigenvalue weighted by atomic mass is 10.1. The summed E-state index contributed by atoms with van der Waals surface area (Å²) in [5.74, 6) is -0.783. The lowest BCUT2D eigenvalue weighted by molar-refractivity contribution is -0.139. The van der Waals surface area contributed by atoms with E-state index in [0.29, 0.717) is 21.3 Å². The third-order valence-corrected chi connectivity index (χ3v) is 9.71. The summed E-state index contributed by atoms with van der Waals surface area (Å²) in [4.78, 5) is 28.9. The highest BCUT2D eigenvalue weighted by molar-refractivity contribution is 7.92. The molecule has 7 nitrogen and oxygen atoms in total. The molecule has 0 heterocycles. The SMILES string of the molecule is Cc1ccc(S(=O)(=O)N(CC(=O)N(Cc2ccc(Cl)cc2)[C@@H](C)C(=O)NC2CCCC2)c2ccc(Cl)cc2C)cc1. The summed E-state index contributed by atoms with van der Waals surface area (Å²) in [7, 11) is -4.15. The number of amides is 2. The van der Waals surface area contributed by atoms with Crippen LogP contribution in [0, 0.1) is 13.8 Å². The lowest BCUT2D eigenvalue weighted by Crippen LogP contribution is -2.52. The maximum atomic E-state index is 14.1. The summed E-state index contributed by atoms with van der Waals surface area (Å²) in [6, 6.07) is 17.6. The molecule has 0 aromatic heterocycles. The van der Waals surface area contributed by atoms with Crippen molar-refractivity contribution in [2.45, 2.75) is 70.0 Å². The molecular formula is C31H35Cl2N3O4S. The molecule has 0 radical (unpaired) electrons. The maximum Gasteiger partial charge on any atom is 0.264 e. The van der Waals surface area contributed by atoms with E-state index in [1.807, 2.05) is 6.92 Å². The average Bonchev–Trinajstić information content (AvgIpc) is 3.44. The number of anilines is 1. The molecule has 3 aromatic carbocycles. The van der Waals surface area contributed by atoms with Gasteiger partial charge < -0.3 is 10.2 Å². The van der Waals surface area contributed by atoms with Crippen LogP contribution in [0.25, 0.3) is 0 Å². The molecule has 218 valence electrons. The zero-order chi connectivity index (χ0) is 29.7. The molecule has 1 fully saturated rings. The van der Waals surface area contributed by atoms with E-state index in [0.717, 1.165) is 41.1 Å². The molecule has 1 N–H and O–H groups in total. The molecule has 1 aliphatic rings. The minimum absolute atomic E-state index is 0.0570. The van der Waals surface area contributed by atoms with Crippen molar-refractivity contribution in [2.24, 2.45) is 0 Å². The molecule has 0 bridgehead atoms. The van der Waals surface area contributed by atoms with Gasteiger partial charge in [0.2, 0.25) is 11.8 Å². The van der Waals surface area contributed by atoms with Crippen molar-refractivity contribution < 1.29 is 18.0 Å². The normalized spacial score (nSPS) is 14.5. The van der Waals surface area contributed by atoms with Gasteiger partial charge in [-0.1, -0.05) is 65.9 Å². The van der Waals surface area contributed by atoms with Crippen molar-refractivity contribution in [3.8, 4) is 0 Å². The number of rotatable bonds is 10. The Morgan fingerprint density at radius 3 is 2.15 bits per heavy atom. The smallest absolute Gasteiger partial charge is 0.264 e. The summed E-state index contributed by atoms with van der Waals surface area (Å²) < 4.78 is 29.1. The summed E-state index contributed by atoms with van der Waals surface area (Å²) >= 11 is 12.2. The second kappa shape index (κ2) is 13.3. The van der Waals surface area contributed by atoms with Crippen LogP contribution in [0.3, 0.4) is 0 Å². The molecule has 41 heavy (non-hydrogen) atoms. The Morgan fingerprint density at radius 1 is 0.927 bits per heavy atom. The minimum atomic E-state index is -4.15. The van der Waals surface area contributed by atoms with Gasteiger partial charge >= 0.3 is 0 Å². The van der Waals surface area contributed by atoms with Gasteiger partial charge in [-0.2, -0.15) is 0 Å². The number of carbonyl (C=O) groups excluding carboxylic acids is 2. The van der Waals surface area contributed by atoms with Crippen molar-refractivity contribution in [1.29, 1.82) is 0 Å². The molecule has 0 aliphatic heterocycles. The number of aryl methyl sites for hydroxylation is 2. The number of hydrogen-bond donors (Lipinski definition) is 1. The Balaban J connectivity index is 1.70. The summed E-state index contributed by atoms with van der Waals surface area (Å²) in [5.41, 5.74) is 2.60. The van der Waals surface area contributed by atoms with Crippen LogP contribution in [0.2, 0.25) is 10.0 Å². The van der Waals surface area contributed by atoms with E-state index in [-0.39, 0.29) is 23.4 Å². The monoisotopic (exact) mass is 615 g/mol. The molecule has 2 amide bonds. The van der Waals surface area contributed by atoms with E-state index in [9.17, 15) is 18.0 Å². The van der Waals surface area contributed by atoms with Crippen LogP contribution in [0.1, 0.15) is 49.3 Å². The topological polar surface area (TPSA) is 86.8 Å². The lowest BCUT2D eigenvalue weighted by Gasteiger charge is -2.33. The van der Waals surface area contributed by atoms with Gasteiger partial charge in [-0.3, -0.25) is 13.9 Å². The van der Waals surface area contributed by atoms with Crippen molar-refractivity contribution >= 4 is 50.7 Å². The fourth-order valence-electron chi connectivity index (χ4n) is 5.01. The van der Waals surface area contributed by atoms with Crippen molar-refractivity contribution in [3.63, 3.8) is 0 Å². The Bertz CT molecular complexity index is 1490. The molecule has 1 atom stereocenters. The van der Waals surface area contributed by atoms with E-state index >= 15 is 0 Å². The predicted molar refractivity (Wildman–Crippen MR) is 164 cm³/mol. The summed E-state index contributed by atoms with van der Waals surface area (Å²) in [6.45, 7) is 4.88. The Hall–Kier alpha value is -3.07. The largest absolute Gasteiger partial charge is 0.352 e. The van der Waals surface area contributed by atoms with E-state index in [4.69, 9.17) is 23.2 Å². The molecular weight excluding hydrogens is 581 g/mol. The van der Waals surface area contributed by atoms with Gasteiger partial charge in [0.1, 0.15) is 12.6 Å². The van der Waals surface area contributed by atoms with Crippen LogP contribution in [-0.4, -0.2) is 43.8 Å². The first-order valence-corrected chi connectivity index (χ1v) is 15.8. The van der Waals surface area contributed by atoms with Crippen molar-refractivity contribution in [1.82, 2.24) is 10.2 Å². The van der Waals surface area contributed by atoms with Crippen LogP contribution in [0.15, 0.2) is 71.6 Å². The maximum absolute atomic E-state index is 14.1. The third-order valence-electron chi connectivity index (χ3n) is 7.45. The van der Waals surface area contributed by atoms with Gasteiger partial charge in [0.05, 0.1) is 10.6 Å². The van der Waals surface area contributed by atoms with Crippen molar-refractivity contribution in [3.05, 3.63) is 93.5 Å². The van der Waals surface area contributed by atoms with Crippen LogP contribution in [0.5, 0.6) is 0 Å². The standard InChI is InChI=1S/C31H35Cl2N3O4S/c1-21-8-15-28(16-9-21)41(39,40)36(29-17-14-26(33)18-22(29)2)20-30(37)35(19-24-10-12-25(32)13-11-24)23(3)31(38)34-27-6-4-5-7-27/h8-18,23,27H,4-7,19-20H2,1-3H3,(H,34,38)/t23-/m0/s1. The molecule has 10 heteroatoms. The van der Waals surface area contributed by atoms with Crippen molar-refractivity contribution in [2.75, 3.05) is 10.8 Å². The number of hydrogen-bond acceptors (Lipinski definition) is 4. The van der Waals surface area contributed by atoms with Gasteiger partial charge in [-0.15, -0.1) is 0 Å². The first kappa shape index (κ1) is 30.9. The molecule has 0 saturated heterocycles. The number of sulfonamides is 1. The first-order chi connectivity index (χ1) is 19.5. The van der Waals surface area contributed by atoms with Gasteiger partial charge in [0, 0.05) is 22.6 Å². The quantitative estimate of drug-likeness (QED) is 0.291. The fraction of sp³-hybridized carbons (Fsp3) is 0.355. The number of halogens is 2. The highest BCUT2D eigenvalue weighted by atomic mass is 35.5. The van der Waals surface area contributed by atoms with Crippen LogP contribution in [-0.2, 0) is 26.2 Å². The summed E-state index contributed by atoms with van der Waals surface area (Å²) in [6.07, 6.45) is 3.92. The first-order valence-electron chi connectivity index (χ1n) is 13.7. The van der Waals surface area contributed by atoms with Gasteiger partial charge in [0.15, 0.2) is 0 Å². The van der Waals surface area contributed by atoms with Gasteiger partial charge in [-0.05, 0) is 87.2 Å². The fourth-order valence-corrected chi connectivity index (χ4v) is 6.84. The predicted octanol–water partition coefficient (Wildman–Crippen LogP) is 6.28. The van der Waals surface area contributed by atoms with Gasteiger partial charge in [-0.25, -0.2) is 8.42 Å².